The molecule has 1 aliphatic rings. The maximum absolute atomic E-state index is 12.0. The molecule has 0 bridgehead atoms. The quantitative estimate of drug-likeness (QED) is 0.261. The molecular formula is C16H19NO4S. The van der Waals surface area contributed by atoms with E-state index >= 15 is 0 Å². The van der Waals surface area contributed by atoms with Crippen LogP contribution in [0.4, 0.5) is 5.69 Å². The summed E-state index contributed by atoms with van der Waals surface area (Å²) < 4.78 is 5.38. The Bertz CT molecular complexity index is 556. The first-order valence-electron chi connectivity index (χ1n) is 7.29. The minimum absolute atomic E-state index is 0.0462. The second-order valence-electron chi connectivity index (χ2n) is 5.29. The number of benzene rings is 1. The third-order valence-electron chi connectivity index (χ3n) is 3.53. The number of hydrogen-bond acceptors (Lipinski definition) is 5. The molecule has 5 nitrogen and oxygen atoms in total. The van der Waals surface area contributed by atoms with Crippen molar-refractivity contribution in [1.29, 1.82) is 0 Å². The largest absolute Gasteiger partial charge is 0.465 e. The van der Waals surface area contributed by atoms with E-state index < -0.39 is 4.92 Å². The van der Waals surface area contributed by atoms with Gasteiger partial charge in [-0.15, -0.1) is 11.8 Å². The summed E-state index contributed by atoms with van der Waals surface area (Å²) in [7, 11) is 0. The third-order valence-corrected chi connectivity index (χ3v) is 4.62. The normalized spacial score (nSPS) is 18.7. The molecule has 2 unspecified atom stereocenters. The lowest BCUT2D eigenvalue weighted by Gasteiger charge is -2.18. The van der Waals surface area contributed by atoms with Gasteiger partial charge in [0, 0.05) is 17.0 Å². The number of carbonyl (C=O) groups is 1. The fraction of sp³-hybridized carbons (Fsp3) is 0.438. The van der Waals surface area contributed by atoms with Crippen molar-refractivity contribution in [3.63, 3.8) is 0 Å². The van der Waals surface area contributed by atoms with Gasteiger partial charge in [0.1, 0.15) is 5.25 Å². The lowest BCUT2D eigenvalue weighted by atomic mass is 9.95. The molecule has 0 fully saturated rings. The van der Waals surface area contributed by atoms with E-state index in [1.807, 2.05) is 0 Å². The number of ether oxygens (including phenoxy) is 1. The number of esters is 1. The molecule has 6 heteroatoms. The Morgan fingerprint density at radius 1 is 1.41 bits per heavy atom. The fourth-order valence-electron chi connectivity index (χ4n) is 2.22. The number of allylic oxidation sites excluding steroid dienone is 2. The van der Waals surface area contributed by atoms with Gasteiger partial charge in [-0.3, -0.25) is 14.9 Å². The Morgan fingerprint density at radius 3 is 2.73 bits per heavy atom. The first-order valence-corrected chi connectivity index (χ1v) is 8.17. The number of thioether (sulfide) groups is 1. The second-order valence-corrected chi connectivity index (χ2v) is 6.71. The van der Waals surface area contributed by atoms with Gasteiger partial charge in [0.25, 0.3) is 5.69 Å². The van der Waals surface area contributed by atoms with Crippen molar-refractivity contribution in [3.05, 3.63) is 46.5 Å². The zero-order chi connectivity index (χ0) is 15.9. The highest BCUT2D eigenvalue weighted by Gasteiger charge is 2.19. The predicted octanol–water partition coefficient (Wildman–Crippen LogP) is 3.97. The number of rotatable bonds is 6. The van der Waals surface area contributed by atoms with Crippen LogP contribution in [-0.2, 0) is 9.53 Å². The molecule has 2 rings (SSSR count). The van der Waals surface area contributed by atoms with Crippen LogP contribution in [0.5, 0.6) is 0 Å². The summed E-state index contributed by atoms with van der Waals surface area (Å²) in [6.45, 7) is 2.25. The first-order chi connectivity index (χ1) is 10.6. The average Bonchev–Trinajstić information content (AvgIpc) is 2.54. The molecule has 1 aliphatic carbocycles. The van der Waals surface area contributed by atoms with Crippen molar-refractivity contribution in [2.75, 3.05) is 6.61 Å². The van der Waals surface area contributed by atoms with Gasteiger partial charge in [0.05, 0.1) is 11.5 Å². The average molecular weight is 321 g/mol. The standard InChI is InChI=1S/C16H19NO4S/c1-12(16(18)21-11-13-5-3-2-4-6-13)22-15-9-7-14(8-10-15)17(19)20/h2-3,7-10,12-13H,4-6,11H2,1H3. The van der Waals surface area contributed by atoms with Gasteiger partial charge in [-0.05, 0) is 44.2 Å². The Kier molecular flexibility index (Phi) is 6.00. The van der Waals surface area contributed by atoms with Gasteiger partial charge in [0.15, 0.2) is 0 Å². The van der Waals surface area contributed by atoms with Crippen LogP contribution in [0.1, 0.15) is 26.2 Å². The summed E-state index contributed by atoms with van der Waals surface area (Å²) >= 11 is 1.35. The van der Waals surface area contributed by atoms with Crippen molar-refractivity contribution in [2.24, 2.45) is 5.92 Å². The predicted molar refractivity (Wildman–Crippen MR) is 85.9 cm³/mol. The molecule has 0 spiro atoms. The van der Waals surface area contributed by atoms with Crippen molar-refractivity contribution in [1.82, 2.24) is 0 Å². The molecule has 0 aromatic heterocycles. The second kappa shape index (κ2) is 7.98. The van der Waals surface area contributed by atoms with E-state index in [2.05, 4.69) is 12.2 Å². The smallest absolute Gasteiger partial charge is 0.319 e. The van der Waals surface area contributed by atoms with Crippen LogP contribution in [0.3, 0.4) is 0 Å². The molecule has 0 amide bonds. The molecule has 118 valence electrons. The number of hydrogen-bond donors (Lipinski definition) is 0. The molecule has 2 atom stereocenters. The molecule has 0 saturated carbocycles. The van der Waals surface area contributed by atoms with Crippen molar-refractivity contribution in [3.8, 4) is 0 Å². The molecule has 0 radical (unpaired) electrons. The highest BCUT2D eigenvalue weighted by atomic mass is 32.2. The molecule has 1 aromatic rings. The summed E-state index contributed by atoms with van der Waals surface area (Å²) in [5, 5.41) is 10.3. The molecular weight excluding hydrogens is 302 g/mol. The van der Waals surface area contributed by atoms with Crippen molar-refractivity contribution in [2.45, 2.75) is 36.3 Å². The van der Waals surface area contributed by atoms with Crippen LogP contribution in [0.2, 0.25) is 0 Å². The van der Waals surface area contributed by atoms with Crippen LogP contribution in [0.15, 0.2) is 41.3 Å². The monoisotopic (exact) mass is 321 g/mol. The highest BCUT2D eigenvalue weighted by molar-refractivity contribution is 8.00. The van der Waals surface area contributed by atoms with E-state index in [1.54, 1.807) is 19.1 Å². The topological polar surface area (TPSA) is 69.4 Å². The van der Waals surface area contributed by atoms with Gasteiger partial charge in [-0.25, -0.2) is 0 Å². The van der Waals surface area contributed by atoms with E-state index in [1.165, 1.54) is 23.9 Å². The number of nitro benzene ring substituents is 1. The highest BCUT2D eigenvalue weighted by Crippen LogP contribution is 2.26. The molecule has 0 aliphatic heterocycles. The summed E-state index contributed by atoms with van der Waals surface area (Å²) in [6.07, 6.45) is 7.38. The molecule has 22 heavy (non-hydrogen) atoms. The van der Waals surface area contributed by atoms with Gasteiger partial charge in [0.2, 0.25) is 0 Å². The summed E-state index contributed by atoms with van der Waals surface area (Å²) in [6, 6.07) is 6.18. The molecule has 1 aromatic carbocycles. The number of nitrogens with zero attached hydrogens (tertiary/aromatic N) is 1. The summed E-state index contributed by atoms with van der Waals surface area (Å²) in [4.78, 5) is 23.0. The van der Waals surface area contributed by atoms with Crippen molar-refractivity contribution >= 4 is 23.4 Å². The first kappa shape index (κ1) is 16.5. The van der Waals surface area contributed by atoms with Gasteiger partial charge in [-0.2, -0.15) is 0 Å². The Hall–Kier alpha value is -1.82. The zero-order valence-corrected chi connectivity index (χ0v) is 13.3. The van der Waals surface area contributed by atoms with Gasteiger partial charge < -0.3 is 4.74 Å². The fourth-order valence-corrected chi connectivity index (χ4v) is 3.09. The van der Waals surface area contributed by atoms with E-state index in [-0.39, 0.29) is 16.9 Å². The molecule has 0 N–H and O–H groups in total. The van der Waals surface area contributed by atoms with Crippen LogP contribution in [0.25, 0.3) is 0 Å². The van der Waals surface area contributed by atoms with Crippen LogP contribution in [0, 0.1) is 16.0 Å². The van der Waals surface area contributed by atoms with E-state index in [9.17, 15) is 14.9 Å². The Morgan fingerprint density at radius 2 is 2.14 bits per heavy atom. The number of carbonyl (C=O) groups excluding carboxylic acids is 1. The van der Waals surface area contributed by atoms with Crippen molar-refractivity contribution < 1.29 is 14.5 Å². The maximum Gasteiger partial charge on any atom is 0.319 e. The van der Waals surface area contributed by atoms with E-state index in [4.69, 9.17) is 4.74 Å². The number of nitro groups is 1. The zero-order valence-electron chi connectivity index (χ0n) is 12.4. The minimum atomic E-state index is -0.440. The van der Waals surface area contributed by atoms with Crippen LogP contribution in [-0.4, -0.2) is 22.7 Å². The van der Waals surface area contributed by atoms with Gasteiger partial charge in [-0.1, -0.05) is 12.2 Å². The minimum Gasteiger partial charge on any atom is -0.465 e. The van der Waals surface area contributed by atoms with E-state index in [0.717, 1.165) is 24.2 Å². The molecule has 0 saturated heterocycles. The van der Waals surface area contributed by atoms with Gasteiger partial charge >= 0.3 is 5.97 Å². The summed E-state index contributed by atoms with van der Waals surface area (Å²) in [5.74, 6) is 0.184. The van der Waals surface area contributed by atoms with Crippen LogP contribution >= 0.6 is 11.8 Å². The lowest BCUT2D eigenvalue weighted by Crippen LogP contribution is -2.21. The number of non-ortho nitro benzene ring substituents is 1. The molecule has 0 heterocycles. The van der Waals surface area contributed by atoms with E-state index in [0.29, 0.717) is 12.5 Å². The maximum atomic E-state index is 12.0. The lowest BCUT2D eigenvalue weighted by molar-refractivity contribution is -0.384. The summed E-state index contributed by atoms with van der Waals surface area (Å²) in [5.41, 5.74) is 0.0462. The Labute approximate surface area is 133 Å². The SMILES string of the molecule is CC(Sc1ccc([N+](=O)[O-])cc1)C(=O)OCC1CC=CCC1. The van der Waals surface area contributed by atoms with Crippen LogP contribution < -0.4 is 0 Å². The third kappa shape index (κ3) is 4.87. The Balaban J connectivity index is 1.80.